The summed E-state index contributed by atoms with van der Waals surface area (Å²) in [5.74, 6) is -0.0894. The molecule has 0 aliphatic heterocycles. The summed E-state index contributed by atoms with van der Waals surface area (Å²) in [5, 5.41) is 19.6. The topological polar surface area (TPSA) is 74.6 Å². The summed E-state index contributed by atoms with van der Waals surface area (Å²) in [4.78, 5) is 23.9. The van der Waals surface area contributed by atoms with Crippen LogP contribution in [0, 0.1) is 46.3 Å². The summed E-state index contributed by atoms with van der Waals surface area (Å²) < 4.78 is 0. The van der Waals surface area contributed by atoms with Gasteiger partial charge in [-0.15, -0.1) is 0 Å². The molecule has 0 amide bonds. The molecule has 0 aromatic heterocycles. The lowest BCUT2D eigenvalue weighted by molar-refractivity contribution is -0.184. The number of carboxylic acids is 2. The maximum absolute atomic E-state index is 11.9. The molecular formula is C16H20O4. The molecule has 2 N–H and O–H groups in total. The van der Waals surface area contributed by atoms with E-state index in [-0.39, 0.29) is 11.8 Å². The molecule has 3 fully saturated rings. The predicted octanol–water partition coefficient (Wildman–Crippen LogP) is 2.26. The molecule has 0 saturated heterocycles. The van der Waals surface area contributed by atoms with Gasteiger partial charge in [0.2, 0.25) is 0 Å². The van der Waals surface area contributed by atoms with Crippen LogP contribution in [0.25, 0.3) is 0 Å². The Kier molecular flexibility index (Phi) is 2.04. The van der Waals surface area contributed by atoms with E-state index >= 15 is 0 Å². The maximum Gasteiger partial charge on any atom is 0.310 e. The van der Waals surface area contributed by atoms with Crippen LogP contribution in [0.5, 0.6) is 0 Å². The van der Waals surface area contributed by atoms with E-state index in [0.717, 1.165) is 12.8 Å². The Balaban J connectivity index is 1.89. The molecule has 4 bridgehead atoms. The second-order valence-electron chi connectivity index (χ2n) is 7.57. The highest BCUT2D eigenvalue weighted by Crippen LogP contribution is 2.76. The van der Waals surface area contributed by atoms with Crippen LogP contribution in [-0.2, 0) is 9.59 Å². The van der Waals surface area contributed by atoms with E-state index in [1.807, 2.05) is 0 Å². The maximum atomic E-state index is 11.9. The van der Waals surface area contributed by atoms with Gasteiger partial charge in [-0.3, -0.25) is 9.59 Å². The molecule has 8 atom stereocenters. The molecule has 4 aliphatic rings. The van der Waals surface area contributed by atoms with Gasteiger partial charge in [0.05, 0.1) is 10.8 Å². The smallest absolute Gasteiger partial charge is 0.310 e. The fraction of sp³-hybridized carbons (Fsp3) is 0.750. The third-order valence-corrected chi connectivity index (χ3v) is 7.47. The van der Waals surface area contributed by atoms with Gasteiger partial charge in [0.1, 0.15) is 0 Å². The first-order chi connectivity index (χ1) is 9.33. The summed E-state index contributed by atoms with van der Waals surface area (Å²) in [5.41, 5.74) is -2.27. The number of rotatable bonds is 2. The average molecular weight is 276 g/mol. The van der Waals surface area contributed by atoms with Gasteiger partial charge in [0.15, 0.2) is 0 Å². The SMILES string of the molecule is CC1(C(=O)O)C2CC(C3C4C=CC(C4)C32)C1(C)C(=O)O. The standard InChI is InChI=1S/C16H20O4/c1-15(13(17)18)9-6-10(16(15,2)14(19)20)12-8-4-3-7(5-8)11(9)12/h3-4,7-12H,5-6H2,1-2H3,(H,17,18)(H,19,20). The molecule has 3 saturated carbocycles. The molecule has 108 valence electrons. The average Bonchev–Trinajstić information content (AvgIpc) is 3.09. The van der Waals surface area contributed by atoms with Crippen LogP contribution in [0.4, 0.5) is 0 Å². The van der Waals surface area contributed by atoms with Gasteiger partial charge in [0.25, 0.3) is 0 Å². The second-order valence-corrected chi connectivity index (χ2v) is 7.57. The van der Waals surface area contributed by atoms with Crippen molar-refractivity contribution < 1.29 is 19.8 Å². The van der Waals surface area contributed by atoms with Gasteiger partial charge in [-0.2, -0.15) is 0 Å². The Morgan fingerprint density at radius 2 is 1.30 bits per heavy atom. The first-order valence-electron chi connectivity index (χ1n) is 7.48. The van der Waals surface area contributed by atoms with Crippen molar-refractivity contribution in [3.05, 3.63) is 12.2 Å². The first kappa shape index (κ1) is 12.4. The Hall–Kier alpha value is -1.32. The molecule has 0 aromatic rings. The van der Waals surface area contributed by atoms with Crippen LogP contribution in [0.3, 0.4) is 0 Å². The fourth-order valence-electron chi connectivity index (χ4n) is 6.39. The van der Waals surface area contributed by atoms with Gasteiger partial charge < -0.3 is 10.2 Å². The van der Waals surface area contributed by atoms with Crippen LogP contribution >= 0.6 is 0 Å². The van der Waals surface area contributed by atoms with Crippen molar-refractivity contribution >= 4 is 11.9 Å². The Morgan fingerprint density at radius 3 is 1.65 bits per heavy atom. The van der Waals surface area contributed by atoms with E-state index in [4.69, 9.17) is 0 Å². The van der Waals surface area contributed by atoms with E-state index in [1.165, 1.54) is 0 Å². The van der Waals surface area contributed by atoms with Crippen molar-refractivity contribution in [2.75, 3.05) is 0 Å². The molecule has 8 unspecified atom stereocenters. The number of carbonyl (C=O) groups is 2. The molecule has 4 nitrogen and oxygen atoms in total. The summed E-state index contributed by atoms with van der Waals surface area (Å²) in [6.07, 6.45) is 6.36. The van der Waals surface area contributed by atoms with E-state index in [0.29, 0.717) is 23.7 Å². The van der Waals surface area contributed by atoms with E-state index in [9.17, 15) is 19.8 Å². The Bertz CT molecular complexity index is 507. The third kappa shape index (κ3) is 0.980. The van der Waals surface area contributed by atoms with Crippen LogP contribution in [0.15, 0.2) is 12.2 Å². The summed E-state index contributed by atoms with van der Waals surface area (Å²) in [6.45, 7) is 3.36. The summed E-state index contributed by atoms with van der Waals surface area (Å²) in [6, 6.07) is 0. The van der Waals surface area contributed by atoms with Crippen molar-refractivity contribution in [3.8, 4) is 0 Å². The molecule has 20 heavy (non-hydrogen) atoms. The number of carboxylic acid groups (broad SMARTS) is 2. The minimum atomic E-state index is -1.14. The molecule has 0 aromatic carbocycles. The number of fused-ring (bicyclic) bond motifs is 9. The van der Waals surface area contributed by atoms with Gasteiger partial charge in [0, 0.05) is 0 Å². The van der Waals surface area contributed by atoms with Crippen LogP contribution < -0.4 is 0 Å². The van der Waals surface area contributed by atoms with Crippen molar-refractivity contribution in [2.24, 2.45) is 46.3 Å². The summed E-state index contributed by atoms with van der Waals surface area (Å²) >= 11 is 0. The molecule has 4 heteroatoms. The zero-order valence-corrected chi connectivity index (χ0v) is 11.7. The zero-order chi connectivity index (χ0) is 14.4. The van der Waals surface area contributed by atoms with E-state index in [1.54, 1.807) is 13.8 Å². The Labute approximate surface area is 117 Å². The van der Waals surface area contributed by atoms with Gasteiger partial charge in [-0.25, -0.2) is 0 Å². The highest BCUT2D eigenvalue weighted by Gasteiger charge is 2.78. The van der Waals surface area contributed by atoms with Crippen LogP contribution in [0.1, 0.15) is 26.7 Å². The highest BCUT2D eigenvalue weighted by molar-refractivity contribution is 5.88. The lowest BCUT2D eigenvalue weighted by Gasteiger charge is -2.50. The minimum Gasteiger partial charge on any atom is -0.481 e. The lowest BCUT2D eigenvalue weighted by atomic mass is 9.51. The second kappa shape index (κ2) is 3.29. The van der Waals surface area contributed by atoms with Crippen LogP contribution in [-0.4, -0.2) is 22.2 Å². The predicted molar refractivity (Wildman–Crippen MR) is 70.8 cm³/mol. The van der Waals surface area contributed by atoms with Crippen molar-refractivity contribution in [1.82, 2.24) is 0 Å². The third-order valence-electron chi connectivity index (χ3n) is 7.47. The van der Waals surface area contributed by atoms with Crippen molar-refractivity contribution in [2.45, 2.75) is 26.7 Å². The molecule has 4 rings (SSSR count). The normalized spacial score (nSPS) is 58.1. The molecule has 4 aliphatic carbocycles. The summed E-state index contributed by atoms with van der Waals surface area (Å²) in [7, 11) is 0. The quantitative estimate of drug-likeness (QED) is 0.599. The molecule has 0 heterocycles. The van der Waals surface area contributed by atoms with E-state index < -0.39 is 22.8 Å². The van der Waals surface area contributed by atoms with Crippen molar-refractivity contribution in [1.29, 1.82) is 0 Å². The largest absolute Gasteiger partial charge is 0.481 e. The fourth-order valence-corrected chi connectivity index (χ4v) is 6.39. The lowest BCUT2D eigenvalue weighted by Crippen LogP contribution is -2.57. The first-order valence-corrected chi connectivity index (χ1v) is 7.48. The number of aliphatic carboxylic acids is 2. The van der Waals surface area contributed by atoms with Gasteiger partial charge >= 0.3 is 11.9 Å². The van der Waals surface area contributed by atoms with E-state index in [2.05, 4.69) is 12.2 Å². The number of allylic oxidation sites excluding steroid dienone is 2. The molecule has 0 spiro atoms. The minimum absolute atomic E-state index is 0.0102. The number of hydrogen-bond donors (Lipinski definition) is 2. The van der Waals surface area contributed by atoms with Gasteiger partial charge in [-0.1, -0.05) is 12.2 Å². The zero-order valence-electron chi connectivity index (χ0n) is 11.7. The Morgan fingerprint density at radius 1 is 0.900 bits per heavy atom. The number of hydrogen-bond acceptors (Lipinski definition) is 2. The molecule has 0 radical (unpaired) electrons. The van der Waals surface area contributed by atoms with Crippen molar-refractivity contribution in [3.63, 3.8) is 0 Å². The monoisotopic (exact) mass is 276 g/mol. The van der Waals surface area contributed by atoms with Crippen LogP contribution in [0.2, 0.25) is 0 Å². The highest BCUT2D eigenvalue weighted by atomic mass is 16.4. The van der Waals surface area contributed by atoms with Gasteiger partial charge in [-0.05, 0) is 62.2 Å². The molecular weight excluding hydrogens is 256 g/mol.